The van der Waals surface area contributed by atoms with Crippen molar-refractivity contribution in [2.24, 2.45) is 14.1 Å². The van der Waals surface area contributed by atoms with Gasteiger partial charge in [0.1, 0.15) is 5.82 Å². The van der Waals surface area contributed by atoms with Crippen molar-refractivity contribution in [1.29, 1.82) is 0 Å². The summed E-state index contributed by atoms with van der Waals surface area (Å²) in [6.07, 6.45) is 1.76. The zero-order valence-electron chi connectivity index (χ0n) is 15.3. The summed E-state index contributed by atoms with van der Waals surface area (Å²) in [7, 11) is 3.12. The van der Waals surface area contributed by atoms with Crippen molar-refractivity contribution in [3.05, 3.63) is 92.6 Å². The Kier molecular flexibility index (Phi) is 3.37. The molecule has 0 saturated carbocycles. The van der Waals surface area contributed by atoms with E-state index in [2.05, 4.69) is 5.32 Å². The number of rotatable bonds is 1. The third kappa shape index (κ3) is 2.13. The second-order valence-electron chi connectivity index (χ2n) is 7.00. The van der Waals surface area contributed by atoms with E-state index in [1.807, 2.05) is 34.9 Å². The molecule has 28 heavy (non-hydrogen) atoms. The zero-order chi connectivity index (χ0) is 19.6. The molecule has 140 valence electrons. The van der Waals surface area contributed by atoms with Gasteiger partial charge in [-0.25, -0.2) is 9.18 Å². The Morgan fingerprint density at radius 2 is 1.79 bits per heavy atom. The van der Waals surface area contributed by atoms with E-state index in [1.165, 1.54) is 23.7 Å². The van der Waals surface area contributed by atoms with Gasteiger partial charge >= 0.3 is 5.69 Å². The van der Waals surface area contributed by atoms with Gasteiger partial charge in [-0.15, -0.1) is 0 Å². The van der Waals surface area contributed by atoms with E-state index >= 15 is 0 Å². The Morgan fingerprint density at radius 3 is 2.57 bits per heavy atom. The molecule has 2 aromatic carbocycles. The number of benzene rings is 2. The molecule has 7 heteroatoms. The molecule has 1 aliphatic heterocycles. The quantitative estimate of drug-likeness (QED) is 0.556. The number of hydrogen-bond donors (Lipinski definition) is 1. The Hall–Kier alpha value is -3.61. The molecule has 6 nitrogen and oxygen atoms in total. The smallest absolute Gasteiger partial charge is 0.331 e. The fourth-order valence-corrected chi connectivity index (χ4v) is 4.04. The molecule has 1 N–H and O–H groups in total. The molecule has 1 atom stereocenters. The summed E-state index contributed by atoms with van der Waals surface area (Å²) in [6.45, 7) is 0. The number of halogens is 1. The number of aryl methyl sites for hydroxylation is 1. The fraction of sp³-hybridized carbons (Fsp3) is 0.143. The highest BCUT2D eigenvalue weighted by Gasteiger charge is 2.30. The van der Waals surface area contributed by atoms with Crippen LogP contribution in [0.4, 0.5) is 10.1 Å². The molecule has 0 amide bonds. The van der Waals surface area contributed by atoms with Crippen molar-refractivity contribution in [3.63, 3.8) is 0 Å². The molecule has 3 heterocycles. The molecule has 5 rings (SSSR count). The van der Waals surface area contributed by atoms with E-state index in [-0.39, 0.29) is 11.4 Å². The Labute approximate surface area is 159 Å². The maximum Gasteiger partial charge on any atom is 0.331 e. The average molecular weight is 376 g/mol. The van der Waals surface area contributed by atoms with Gasteiger partial charge in [-0.05, 0) is 29.8 Å². The lowest BCUT2D eigenvalue weighted by molar-refractivity contribution is 0.623. The monoisotopic (exact) mass is 376 g/mol. The van der Waals surface area contributed by atoms with E-state index in [4.69, 9.17) is 0 Å². The number of nitrogens with zero attached hydrogens (tertiary/aromatic N) is 3. The first kappa shape index (κ1) is 16.6. The van der Waals surface area contributed by atoms with Gasteiger partial charge in [-0.2, -0.15) is 0 Å². The minimum Gasteiger partial charge on any atom is -0.371 e. The van der Waals surface area contributed by atoms with Gasteiger partial charge in [-0.3, -0.25) is 13.9 Å². The maximum absolute atomic E-state index is 14.0. The molecule has 0 unspecified atom stereocenters. The Morgan fingerprint density at radius 1 is 1.00 bits per heavy atom. The van der Waals surface area contributed by atoms with Crippen molar-refractivity contribution in [2.45, 2.75) is 6.04 Å². The van der Waals surface area contributed by atoms with Gasteiger partial charge in [-0.1, -0.05) is 24.3 Å². The second kappa shape index (κ2) is 5.69. The summed E-state index contributed by atoms with van der Waals surface area (Å²) < 4.78 is 18.5. The largest absolute Gasteiger partial charge is 0.371 e. The van der Waals surface area contributed by atoms with Gasteiger partial charge in [0.25, 0.3) is 5.56 Å². The van der Waals surface area contributed by atoms with Crippen molar-refractivity contribution in [2.75, 3.05) is 5.32 Å². The third-order valence-corrected chi connectivity index (χ3v) is 5.38. The van der Waals surface area contributed by atoms with Crippen LogP contribution in [0.5, 0.6) is 0 Å². The summed E-state index contributed by atoms with van der Waals surface area (Å²) in [4.78, 5) is 25.4. The molecule has 0 spiro atoms. The minimum atomic E-state index is -0.416. The van der Waals surface area contributed by atoms with E-state index in [0.29, 0.717) is 16.5 Å². The maximum atomic E-state index is 14.0. The molecule has 0 bridgehead atoms. The highest BCUT2D eigenvalue weighted by atomic mass is 19.1. The lowest BCUT2D eigenvalue weighted by Gasteiger charge is -2.30. The molecule has 0 aliphatic carbocycles. The van der Waals surface area contributed by atoms with Crippen LogP contribution < -0.4 is 16.6 Å². The molecule has 0 fully saturated rings. The van der Waals surface area contributed by atoms with Crippen LogP contribution in [0.25, 0.3) is 16.6 Å². The summed E-state index contributed by atoms with van der Waals surface area (Å²) >= 11 is 0. The molecular formula is C21H17FN4O2. The van der Waals surface area contributed by atoms with Crippen LogP contribution in [0.15, 0.2) is 64.3 Å². The van der Waals surface area contributed by atoms with E-state index in [0.717, 1.165) is 21.6 Å². The molecule has 4 aromatic rings. The summed E-state index contributed by atoms with van der Waals surface area (Å²) in [6, 6.07) is 13.6. The van der Waals surface area contributed by atoms with Crippen molar-refractivity contribution in [3.8, 4) is 5.69 Å². The lowest BCUT2D eigenvalue weighted by Crippen LogP contribution is -2.37. The number of hydrogen-bond acceptors (Lipinski definition) is 3. The summed E-state index contributed by atoms with van der Waals surface area (Å²) in [5, 5.41) is 3.89. The third-order valence-electron chi connectivity index (χ3n) is 5.38. The number of fused-ring (bicyclic) bond motifs is 5. The minimum absolute atomic E-state index is 0.342. The van der Waals surface area contributed by atoms with Crippen molar-refractivity contribution < 1.29 is 4.39 Å². The average Bonchev–Trinajstić information content (AvgIpc) is 3.11. The van der Waals surface area contributed by atoms with Crippen LogP contribution in [0.1, 0.15) is 17.3 Å². The number of para-hydroxylation sites is 2. The number of nitrogens with one attached hydrogen (secondary N) is 1. The highest BCUT2D eigenvalue weighted by Crippen LogP contribution is 2.40. The zero-order valence-corrected chi connectivity index (χ0v) is 15.3. The van der Waals surface area contributed by atoms with Crippen molar-refractivity contribution in [1.82, 2.24) is 13.7 Å². The van der Waals surface area contributed by atoms with E-state index < -0.39 is 11.7 Å². The SMILES string of the molecule is Cn1c(=O)c2cn3c(c2n(C)c1=O)[C@H](c1cccc(F)c1)Nc1ccccc1-3. The van der Waals surface area contributed by atoms with Crippen LogP contribution in [-0.4, -0.2) is 13.7 Å². The first-order valence-corrected chi connectivity index (χ1v) is 8.89. The first-order valence-electron chi connectivity index (χ1n) is 8.89. The van der Waals surface area contributed by atoms with Gasteiger partial charge in [0.05, 0.1) is 34.0 Å². The standard InChI is InChI=1S/C21H17FN4O2/c1-24-18-14(20(27)25(2)21(24)28)11-26-16-9-4-3-8-15(16)23-17(19(18)26)12-6-5-7-13(22)10-12/h3-11,17,23H,1-2H3/t17-/m0/s1. The van der Waals surface area contributed by atoms with Crippen LogP contribution in [0.3, 0.4) is 0 Å². The lowest BCUT2D eigenvalue weighted by atomic mass is 9.99. The predicted molar refractivity (Wildman–Crippen MR) is 106 cm³/mol. The Balaban J connectivity index is 1.95. The molecule has 1 aliphatic rings. The topological polar surface area (TPSA) is 61.0 Å². The first-order chi connectivity index (χ1) is 13.5. The van der Waals surface area contributed by atoms with Crippen LogP contribution in [0.2, 0.25) is 0 Å². The normalized spacial score (nSPS) is 15.2. The summed E-state index contributed by atoms with van der Waals surface area (Å²) in [5.41, 5.74) is 2.98. The van der Waals surface area contributed by atoms with Crippen molar-refractivity contribution >= 4 is 16.6 Å². The van der Waals surface area contributed by atoms with E-state index in [1.54, 1.807) is 19.3 Å². The van der Waals surface area contributed by atoms with Gasteiger partial charge in [0, 0.05) is 20.3 Å². The fourth-order valence-electron chi connectivity index (χ4n) is 4.04. The van der Waals surface area contributed by atoms with Crippen LogP contribution in [0, 0.1) is 5.82 Å². The van der Waals surface area contributed by atoms with Crippen LogP contribution in [-0.2, 0) is 14.1 Å². The molecule has 2 aromatic heterocycles. The summed E-state index contributed by atoms with van der Waals surface area (Å²) in [5.74, 6) is -0.342. The predicted octanol–water partition coefficient (Wildman–Crippen LogP) is 2.68. The Bertz CT molecular complexity index is 1380. The second-order valence-corrected chi connectivity index (χ2v) is 7.00. The molecule has 0 radical (unpaired) electrons. The molecule has 0 saturated heterocycles. The van der Waals surface area contributed by atoms with Gasteiger partial charge in [0.2, 0.25) is 0 Å². The van der Waals surface area contributed by atoms with Gasteiger partial charge in [0.15, 0.2) is 0 Å². The number of aromatic nitrogens is 3. The van der Waals surface area contributed by atoms with Gasteiger partial charge < -0.3 is 9.88 Å². The molecular weight excluding hydrogens is 359 g/mol. The highest BCUT2D eigenvalue weighted by molar-refractivity contribution is 5.86. The van der Waals surface area contributed by atoms with Crippen LogP contribution >= 0.6 is 0 Å². The van der Waals surface area contributed by atoms with E-state index in [9.17, 15) is 14.0 Å². The number of anilines is 1.